The maximum absolute atomic E-state index is 11.1. The summed E-state index contributed by atoms with van der Waals surface area (Å²) in [5.74, 6) is 1.56. The molecule has 0 aromatic heterocycles. The van der Waals surface area contributed by atoms with Crippen LogP contribution in [0.4, 0.5) is 0 Å². The monoisotopic (exact) mass is 506 g/mol. The molecule has 4 rings (SSSR count). The van der Waals surface area contributed by atoms with Crippen molar-refractivity contribution in [3.8, 4) is 11.5 Å². The van der Waals surface area contributed by atoms with Crippen molar-refractivity contribution >= 4 is 23.2 Å². The van der Waals surface area contributed by atoms with Gasteiger partial charge in [0, 0.05) is 25.7 Å². The van der Waals surface area contributed by atoms with Gasteiger partial charge < -0.3 is 14.6 Å². The Morgan fingerprint density at radius 2 is 1.50 bits per heavy atom. The molecule has 0 amide bonds. The third-order valence-electron chi connectivity index (χ3n) is 6.86. The number of aliphatic hydroxyl groups is 1. The van der Waals surface area contributed by atoms with Crippen LogP contribution in [0, 0.1) is 0 Å². The molecule has 1 N–H and O–H groups in total. The van der Waals surface area contributed by atoms with E-state index >= 15 is 0 Å². The SMILES string of the molecule is OC1(COc2ccc(Cl)c(Cl)c2)CCCN(Cc2ccc(OCCN3CCCCC3)cc2)CC1. The van der Waals surface area contributed by atoms with Crippen molar-refractivity contribution in [1.82, 2.24) is 9.80 Å². The van der Waals surface area contributed by atoms with Gasteiger partial charge in [0.05, 0.1) is 15.6 Å². The smallest absolute Gasteiger partial charge is 0.121 e. The molecule has 7 heteroatoms. The van der Waals surface area contributed by atoms with E-state index in [9.17, 15) is 5.11 Å². The van der Waals surface area contributed by atoms with Crippen molar-refractivity contribution < 1.29 is 14.6 Å². The lowest BCUT2D eigenvalue weighted by Crippen LogP contribution is -2.37. The Kier molecular flexibility index (Phi) is 9.38. The number of piperidine rings is 1. The molecule has 2 fully saturated rings. The van der Waals surface area contributed by atoms with Gasteiger partial charge in [0.1, 0.15) is 24.7 Å². The summed E-state index contributed by atoms with van der Waals surface area (Å²) in [6, 6.07) is 13.6. The number of hydrogen-bond donors (Lipinski definition) is 1. The molecule has 2 saturated heterocycles. The predicted octanol–water partition coefficient (Wildman–Crippen LogP) is 5.65. The van der Waals surface area contributed by atoms with Crippen molar-refractivity contribution in [2.24, 2.45) is 0 Å². The minimum atomic E-state index is -0.840. The zero-order valence-corrected chi connectivity index (χ0v) is 21.4. The number of nitrogens with zero attached hydrogens (tertiary/aromatic N) is 2. The standard InChI is InChI=1S/C27H36Cl2N2O3/c28-25-10-9-24(19-26(25)29)34-21-27(32)11-4-15-31(16-12-27)20-22-5-7-23(8-6-22)33-18-17-30-13-2-1-3-14-30/h5-10,19,32H,1-4,11-18,20-21H2. The first-order valence-corrected chi connectivity index (χ1v) is 13.2. The van der Waals surface area contributed by atoms with E-state index in [1.807, 2.05) is 0 Å². The Bertz CT molecular complexity index is 905. The first-order valence-electron chi connectivity index (χ1n) is 12.5. The van der Waals surface area contributed by atoms with Crippen LogP contribution in [0.25, 0.3) is 0 Å². The zero-order valence-electron chi connectivity index (χ0n) is 19.9. The van der Waals surface area contributed by atoms with Crippen LogP contribution >= 0.6 is 23.2 Å². The van der Waals surface area contributed by atoms with E-state index in [-0.39, 0.29) is 6.61 Å². The molecule has 5 nitrogen and oxygen atoms in total. The first-order chi connectivity index (χ1) is 16.5. The average Bonchev–Trinajstić information content (AvgIpc) is 3.03. The number of rotatable bonds is 9. The topological polar surface area (TPSA) is 45.2 Å². The molecule has 2 aromatic rings. The third-order valence-corrected chi connectivity index (χ3v) is 7.60. The van der Waals surface area contributed by atoms with Gasteiger partial charge >= 0.3 is 0 Å². The number of likely N-dealkylation sites (tertiary alicyclic amines) is 2. The number of halogens is 2. The van der Waals surface area contributed by atoms with E-state index in [4.69, 9.17) is 32.7 Å². The molecule has 34 heavy (non-hydrogen) atoms. The minimum absolute atomic E-state index is 0.252. The highest BCUT2D eigenvalue weighted by Crippen LogP contribution is 2.29. The Balaban J connectivity index is 1.20. The van der Waals surface area contributed by atoms with Crippen molar-refractivity contribution in [3.63, 3.8) is 0 Å². The first kappa shape index (κ1) is 25.6. The maximum Gasteiger partial charge on any atom is 0.121 e. The van der Waals surface area contributed by atoms with Crippen LogP contribution in [0.15, 0.2) is 42.5 Å². The molecule has 2 aromatic carbocycles. The molecule has 0 bridgehead atoms. The van der Waals surface area contributed by atoms with Gasteiger partial charge in [-0.15, -0.1) is 0 Å². The van der Waals surface area contributed by atoms with Crippen LogP contribution in [0.1, 0.15) is 44.1 Å². The van der Waals surface area contributed by atoms with Gasteiger partial charge in [-0.25, -0.2) is 0 Å². The largest absolute Gasteiger partial charge is 0.492 e. The molecule has 0 saturated carbocycles. The summed E-state index contributed by atoms with van der Waals surface area (Å²) in [5, 5.41) is 12.1. The van der Waals surface area contributed by atoms with Crippen molar-refractivity contribution in [2.45, 2.75) is 50.7 Å². The minimum Gasteiger partial charge on any atom is -0.492 e. The second-order valence-corrected chi connectivity index (χ2v) is 10.4. The maximum atomic E-state index is 11.1. The number of ether oxygens (including phenoxy) is 2. The Labute approximate surface area is 213 Å². The molecule has 0 radical (unpaired) electrons. The van der Waals surface area contributed by atoms with Gasteiger partial charge in [0.15, 0.2) is 0 Å². The molecular weight excluding hydrogens is 471 g/mol. The second kappa shape index (κ2) is 12.5. The van der Waals surface area contributed by atoms with Gasteiger partial charge in [-0.05, 0) is 81.6 Å². The summed E-state index contributed by atoms with van der Waals surface area (Å²) in [4.78, 5) is 4.90. The Morgan fingerprint density at radius 1 is 0.765 bits per heavy atom. The van der Waals surface area contributed by atoms with E-state index in [0.717, 1.165) is 45.0 Å². The third kappa shape index (κ3) is 7.76. The van der Waals surface area contributed by atoms with Crippen LogP contribution < -0.4 is 9.47 Å². The van der Waals surface area contributed by atoms with Crippen molar-refractivity contribution in [3.05, 3.63) is 58.1 Å². The molecule has 1 unspecified atom stereocenters. The van der Waals surface area contributed by atoms with Crippen molar-refractivity contribution in [2.75, 3.05) is 45.9 Å². The molecule has 2 aliphatic heterocycles. The fourth-order valence-electron chi connectivity index (χ4n) is 4.75. The summed E-state index contributed by atoms with van der Waals surface area (Å²) in [5.41, 5.74) is 0.424. The predicted molar refractivity (Wildman–Crippen MR) is 138 cm³/mol. The Hall–Kier alpha value is -1.50. The molecule has 186 valence electrons. The fraction of sp³-hybridized carbons (Fsp3) is 0.556. The highest BCUT2D eigenvalue weighted by atomic mass is 35.5. The van der Waals surface area contributed by atoms with Gasteiger partial charge in [0.2, 0.25) is 0 Å². The summed E-state index contributed by atoms with van der Waals surface area (Å²) in [6.07, 6.45) is 6.31. The molecule has 0 aliphatic carbocycles. The molecule has 2 aliphatic rings. The van der Waals surface area contributed by atoms with Crippen LogP contribution in [0.5, 0.6) is 11.5 Å². The normalized spacial score (nSPS) is 22.3. The van der Waals surface area contributed by atoms with Gasteiger partial charge in [0.25, 0.3) is 0 Å². The highest BCUT2D eigenvalue weighted by molar-refractivity contribution is 6.42. The molecular formula is C27H36Cl2N2O3. The van der Waals surface area contributed by atoms with Gasteiger partial charge in [-0.3, -0.25) is 9.80 Å². The van der Waals surface area contributed by atoms with E-state index in [1.165, 1.54) is 37.9 Å². The van der Waals surface area contributed by atoms with E-state index < -0.39 is 5.60 Å². The second-order valence-electron chi connectivity index (χ2n) is 9.61. The summed E-state index contributed by atoms with van der Waals surface area (Å²) >= 11 is 12.0. The van der Waals surface area contributed by atoms with E-state index in [1.54, 1.807) is 18.2 Å². The van der Waals surface area contributed by atoms with E-state index in [2.05, 4.69) is 34.1 Å². The lowest BCUT2D eigenvalue weighted by molar-refractivity contribution is -0.0168. The molecule has 0 spiro atoms. The van der Waals surface area contributed by atoms with Crippen LogP contribution in [-0.4, -0.2) is 66.4 Å². The summed E-state index contributed by atoms with van der Waals surface area (Å²) in [6.45, 7) is 7.07. The average molecular weight is 508 g/mol. The Morgan fingerprint density at radius 3 is 2.26 bits per heavy atom. The number of benzene rings is 2. The van der Waals surface area contributed by atoms with Crippen LogP contribution in [0.2, 0.25) is 10.0 Å². The fourth-order valence-corrected chi connectivity index (χ4v) is 5.03. The van der Waals surface area contributed by atoms with E-state index in [0.29, 0.717) is 28.6 Å². The van der Waals surface area contributed by atoms with Crippen LogP contribution in [-0.2, 0) is 6.54 Å². The van der Waals surface area contributed by atoms with Crippen LogP contribution in [0.3, 0.4) is 0 Å². The quantitative estimate of drug-likeness (QED) is 0.475. The van der Waals surface area contributed by atoms with Gasteiger partial charge in [-0.2, -0.15) is 0 Å². The number of hydrogen-bond acceptors (Lipinski definition) is 5. The molecule has 2 heterocycles. The lowest BCUT2D eigenvalue weighted by Gasteiger charge is -2.27. The lowest BCUT2D eigenvalue weighted by atomic mass is 9.96. The highest BCUT2D eigenvalue weighted by Gasteiger charge is 2.31. The zero-order chi connectivity index (χ0) is 23.8. The summed E-state index contributed by atoms with van der Waals surface area (Å²) < 4.78 is 11.8. The molecule has 1 atom stereocenters. The van der Waals surface area contributed by atoms with Gasteiger partial charge in [-0.1, -0.05) is 41.8 Å². The van der Waals surface area contributed by atoms with Crippen molar-refractivity contribution in [1.29, 1.82) is 0 Å². The summed E-state index contributed by atoms with van der Waals surface area (Å²) in [7, 11) is 0.